The second kappa shape index (κ2) is 4.93. The SMILES string of the molecule is Cc1ccccc1-c1nc(CCN)cc(=O)[nH]1. The zero-order chi connectivity index (χ0) is 12.3. The van der Waals surface area contributed by atoms with Crippen molar-refractivity contribution in [3.63, 3.8) is 0 Å². The van der Waals surface area contributed by atoms with Gasteiger partial charge in [-0.25, -0.2) is 4.98 Å². The summed E-state index contributed by atoms with van der Waals surface area (Å²) >= 11 is 0. The van der Waals surface area contributed by atoms with Crippen LogP contribution in [-0.4, -0.2) is 16.5 Å². The van der Waals surface area contributed by atoms with E-state index < -0.39 is 0 Å². The van der Waals surface area contributed by atoms with E-state index >= 15 is 0 Å². The first-order valence-corrected chi connectivity index (χ1v) is 5.57. The molecule has 0 aliphatic heterocycles. The number of nitrogens with two attached hydrogens (primary N) is 1. The lowest BCUT2D eigenvalue weighted by molar-refractivity contribution is 0.905. The van der Waals surface area contributed by atoms with Gasteiger partial charge in [-0.2, -0.15) is 0 Å². The molecule has 0 atom stereocenters. The maximum absolute atomic E-state index is 11.5. The number of aromatic nitrogens is 2. The maximum atomic E-state index is 11.5. The minimum absolute atomic E-state index is 0.137. The van der Waals surface area contributed by atoms with Gasteiger partial charge in [-0.15, -0.1) is 0 Å². The van der Waals surface area contributed by atoms with Gasteiger partial charge in [-0.1, -0.05) is 24.3 Å². The first-order valence-electron chi connectivity index (χ1n) is 5.57. The summed E-state index contributed by atoms with van der Waals surface area (Å²) in [6, 6.07) is 9.32. The van der Waals surface area contributed by atoms with Gasteiger partial charge in [-0.3, -0.25) is 4.79 Å². The van der Waals surface area contributed by atoms with E-state index in [4.69, 9.17) is 5.73 Å². The smallest absolute Gasteiger partial charge is 0.251 e. The van der Waals surface area contributed by atoms with Crippen LogP contribution in [0.4, 0.5) is 0 Å². The lowest BCUT2D eigenvalue weighted by Crippen LogP contribution is -2.13. The predicted octanol–water partition coefficient (Wildman–Crippen LogP) is 1.25. The highest BCUT2D eigenvalue weighted by atomic mass is 16.1. The van der Waals surface area contributed by atoms with E-state index in [9.17, 15) is 4.79 Å². The van der Waals surface area contributed by atoms with Crippen molar-refractivity contribution in [3.8, 4) is 11.4 Å². The summed E-state index contributed by atoms with van der Waals surface area (Å²) in [7, 11) is 0. The van der Waals surface area contributed by atoms with Crippen LogP contribution in [-0.2, 0) is 6.42 Å². The summed E-state index contributed by atoms with van der Waals surface area (Å²) < 4.78 is 0. The molecule has 0 fully saturated rings. The van der Waals surface area contributed by atoms with Crippen molar-refractivity contribution in [2.75, 3.05) is 6.54 Å². The molecule has 0 unspecified atom stereocenters. The molecule has 1 aromatic carbocycles. The van der Waals surface area contributed by atoms with Crippen LogP contribution < -0.4 is 11.3 Å². The monoisotopic (exact) mass is 229 g/mol. The average molecular weight is 229 g/mol. The van der Waals surface area contributed by atoms with Gasteiger partial charge in [0.05, 0.1) is 0 Å². The Kier molecular flexibility index (Phi) is 3.35. The van der Waals surface area contributed by atoms with Gasteiger partial charge in [-0.05, 0) is 19.0 Å². The van der Waals surface area contributed by atoms with E-state index in [0.29, 0.717) is 18.8 Å². The molecule has 0 aliphatic rings. The van der Waals surface area contributed by atoms with Gasteiger partial charge >= 0.3 is 0 Å². The third kappa shape index (κ3) is 2.60. The van der Waals surface area contributed by atoms with Crippen LogP contribution >= 0.6 is 0 Å². The van der Waals surface area contributed by atoms with E-state index in [1.807, 2.05) is 31.2 Å². The van der Waals surface area contributed by atoms with Crippen molar-refractivity contribution in [2.45, 2.75) is 13.3 Å². The standard InChI is InChI=1S/C13H15N3O/c1-9-4-2-3-5-11(9)13-15-10(6-7-14)8-12(17)16-13/h2-5,8H,6-7,14H2,1H3,(H,15,16,17). The minimum atomic E-state index is -0.137. The molecule has 1 heterocycles. The normalized spacial score (nSPS) is 10.5. The van der Waals surface area contributed by atoms with Crippen LogP contribution in [0.2, 0.25) is 0 Å². The summed E-state index contributed by atoms with van der Waals surface area (Å²) in [6.07, 6.45) is 0.614. The van der Waals surface area contributed by atoms with Crippen LogP contribution in [0.25, 0.3) is 11.4 Å². The quantitative estimate of drug-likeness (QED) is 0.832. The summed E-state index contributed by atoms with van der Waals surface area (Å²) in [5.74, 6) is 0.610. The van der Waals surface area contributed by atoms with Crippen LogP contribution in [0.15, 0.2) is 35.1 Å². The van der Waals surface area contributed by atoms with Crippen LogP contribution in [0.1, 0.15) is 11.3 Å². The molecule has 0 radical (unpaired) electrons. The fourth-order valence-electron chi connectivity index (χ4n) is 1.75. The number of nitrogens with one attached hydrogen (secondary N) is 1. The molecule has 1 aromatic heterocycles. The van der Waals surface area contributed by atoms with Gasteiger partial charge < -0.3 is 10.7 Å². The van der Waals surface area contributed by atoms with Crippen LogP contribution in [0, 0.1) is 6.92 Å². The molecule has 0 bridgehead atoms. The Morgan fingerprint density at radius 3 is 2.82 bits per heavy atom. The first kappa shape index (κ1) is 11.5. The molecule has 17 heavy (non-hydrogen) atoms. The second-order valence-corrected chi connectivity index (χ2v) is 3.94. The van der Waals surface area contributed by atoms with Crippen molar-refractivity contribution in [1.29, 1.82) is 0 Å². The Hall–Kier alpha value is -1.94. The van der Waals surface area contributed by atoms with Gasteiger partial charge in [0.2, 0.25) is 0 Å². The van der Waals surface area contributed by atoms with Crippen molar-refractivity contribution >= 4 is 0 Å². The summed E-state index contributed by atoms with van der Waals surface area (Å²) in [5.41, 5.74) is 8.10. The Balaban J connectivity index is 2.52. The van der Waals surface area contributed by atoms with Gasteiger partial charge in [0.1, 0.15) is 5.82 Å². The topological polar surface area (TPSA) is 71.8 Å². The fourth-order valence-corrected chi connectivity index (χ4v) is 1.75. The van der Waals surface area contributed by atoms with Crippen LogP contribution in [0.5, 0.6) is 0 Å². The number of hydrogen-bond acceptors (Lipinski definition) is 3. The Morgan fingerprint density at radius 1 is 1.35 bits per heavy atom. The highest BCUT2D eigenvalue weighted by Gasteiger charge is 2.05. The Labute approximate surface area is 99.5 Å². The molecular formula is C13H15N3O. The lowest BCUT2D eigenvalue weighted by atomic mass is 10.1. The van der Waals surface area contributed by atoms with E-state index in [-0.39, 0.29) is 5.56 Å². The molecule has 3 N–H and O–H groups in total. The Bertz CT molecular complexity index is 575. The molecule has 4 heteroatoms. The molecule has 0 aliphatic carbocycles. The highest BCUT2D eigenvalue weighted by molar-refractivity contribution is 5.59. The number of nitrogens with zero attached hydrogens (tertiary/aromatic N) is 1. The van der Waals surface area contributed by atoms with Crippen molar-refractivity contribution in [2.24, 2.45) is 5.73 Å². The van der Waals surface area contributed by atoms with Crippen molar-refractivity contribution in [1.82, 2.24) is 9.97 Å². The highest BCUT2D eigenvalue weighted by Crippen LogP contribution is 2.18. The third-order valence-corrected chi connectivity index (χ3v) is 2.60. The number of rotatable bonds is 3. The summed E-state index contributed by atoms with van der Waals surface area (Å²) in [6.45, 7) is 2.48. The van der Waals surface area contributed by atoms with Crippen molar-refractivity contribution in [3.05, 3.63) is 51.9 Å². The first-order chi connectivity index (χ1) is 8.20. The number of hydrogen-bond donors (Lipinski definition) is 2. The molecule has 0 saturated carbocycles. The van der Waals surface area contributed by atoms with E-state index in [2.05, 4.69) is 9.97 Å². The van der Waals surface area contributed by atoms with E-state index in [1.54, 1.807) is 0 Å². The number of aryl methyl sites for hydroxylation is 1. The second-order valence-electron chi connectivity index (χ2n) is 3.94. The molecular weight excluding hydrogens is 214 g/mol. The van der Waals surface area contributed by atoms with E-state index in [0.717, 1.165) is 16.8 Å². The number of H-pyrrole nitrogens is 1. The molecule has 0 spiro atoms. The summed E-state index contributed by atoms with van der Waals surface area (Å²) in [4.78, 5) is 18.7. The maximum Gasteiger partial charge on any atom is 0.251 e. The van der Waals surface area contributed by atoms with Gasteiger partial charge in [0, 0.05) is 23.7 Å². The lowest BCUT2D eigenvalue weighted by Gasteiger charge is -2.06. The van der Waals surface area contributed by atoms with Gasteiger partial charge in [0.25, 0.3) is 5.56 Å². The van der Waals surface area contributed by atoms with E-state index in [1.165, 1.54) is 6.07 Å². The molecule has 88 valence electrons. The van der Waals surface area contributed by atoms with Crippen LogP contribution in [0.3, 0.4) is 0 Å². The fraction of sp³-hybridized carbons (Fsp3) is 0.231. The number of aromatic amines is 1. The predicted molar refractivity (Wildman–Crippen MR) is 67.8 cm³/mol. The molecule has 0 saturated heterocycles. The Morgan fingerprint density at radius 2 is 2.12 bits per heavy atom. The molecule has 0 amide bonds. The number of benzene rings is 1. The van der Waals surface area contributed by atoms with Gasteiger partial charge in [0.15, 0.2) is 0 Å². The van der Waals surface area contributed by atoms with Crippen molar-refractivity contribution < 1.29 is 0 Å². The molecule has 4 nitrogen and oxygen atoms in total. The average Bonchev–Trinajstić information content (AvgIpc) is 2.29. The molecule has 2 rings (SSSR count). The molecule has 2 aromatic rings. The zero-order valence-corrected chi connectivity index (χ0v) is 9.73. The zero-order valence-electron chi connectivity index (χ0n) is 9.73. The summed E-state index contributed by atoms with van der Waals surface area (Å²) in [5, 5.41) is 0. The third-order valence-electron chi connectivity index (χ3n) is 2.60. The largest absolute Gasteiger partial charge is 0.330 e. The minimum Gasteiger partial charge on any atom is -0.330 e.